The Bertz CT molecular complexity index is 594. The molecule has 1 aliphatic carbocycles. The van der Waals surface area contributed by atoms with Gasteiger partial charge in [0.2, 0.25) is 0 Å². The second-order valence-electron chi connectivity index (χ2n) is 8.26. The zero-order chi connectivity index (χ0) is 17.3. The standard InChI is InChI=1S/C20H29N3O2/c1-22-15-20(12-17(22)14-25-13-16-5-6-16)7-10-23(11-8-20)19(24)18-4-2-3-9-21-18/h2-4,9,16-17H,5-8,10-15H2,1H3/t17-/m1/s1. The van der Waals surface area contributed by atoms with Gasteiger partial charge in [0.15, 0.2) is 0 Å². The lowest BCUT2D eigenvalue weighted by Crippen LogP contribution is -2.44. The predicted octanol–water partition coefficient (Wildman–Crippen LogP) is 2.43. The Morgan fingerprint density at radius 2 is 2.08 bits per heavy atom. The van der Waals surface area contributed by atoms with E-state index in [9.17, 15) is 4.79 Å². The van der Waals surface area contributed by atoms with Crippen LogP contribution >= 0.6 is 0 Å². The molecule has 1 aromatic rings. The first-order valence-corrected chi connectivity index (χ1v) is 9.64. The van der Waals surface area contributed by atoms with Crippen molar-refractivity contribution >= 4 is 5.91 Å². The summed E-state index contributed by atoms with van der Waals surface area (Å²) >= 11 is 0. The van der Waals surface area contributed by atoms with E-state index in [2.05, 4.69) is 16.9 Å². The molecule has 1 aromatic heterocycles. The molecule has 0 unspecified atom stereocenters. The Kier molecular flexibility index (Phi) is 4.78. The summed E-state index contributed by atoms with van der Waals surface area (Å²) in [5.74, 6) is 0.910. The number of aromatic nitrogens is 1. The van der Waals surface area contributed by atoms with Gasteiger partial charge in [-0.2, -0.15) is 0 Å². The van der Waals surface area contributed by atoms with E-state index in [1.165, 1.54) is 19.3 Å². The van der Waals surface area contributed by atoms with Crippen molar-refractivity contribution in [3.05, 3.63) is 30.1 Å². The number of carbonyl (C=O) groups is 1. The average molecular weight is 343 g/mol. The van der Waals surface area contributed by atoms with Crippen molar-refractivity contribution in [2.24, 2.45) is 11.3 Å². The highest BCUT2D eigenvalue weighted by Gasteiger charge is 2.44. The van der Waals surface area contributed by atoms with Gasteiger partial charge in [-0.15, -0.1) is 0 Å². The van der Waals surface area contributed by atoms with Crippen LogP contribution in [0.4, 0.5) is 0 Å². The number of piperidine rings is 1. The van der Waals surface area contributed by atoms with Gasteiger partial charge in [0.25, 0.3) is 5.91 Å². The second-order valence-corrected chi connectivity index (χ2v) is 8.26. The predicted molar refractivity (Wildman–Crippen MR) is 96.4 cm³/mol. The lowest BCUT2D eigenvalue weighted by molar-refractivity contribution is 0.0582. The van der Waals surface area contributed by atoms with Crippen LogP contribution in [0.3, 0.4) is 0 Å². The number of hydrogen-bond acceptors (Lipinski definition) is 4. The zero-order valence-electron chi connectivity index (χ0n) is 15.2. The normalized spacial score (nSPS) is 26.3. The second kappa shape index (κ2) is 7.04. The molecule has 5 heteroatoms. The SMILES string of the molecule is CN1CC2(CCN(C(=O)c3ccccn3)CC2)C[C@@H]1COCC1CC1. The molecular formula is C20H29N3O2. The molecule has 1 saturated carbocycles. The summed E-state index contributed by atoms with van der Waals surface area (Å²) in [6.07, 6.45) is 7.79. The summed E-state index contributed by atoms with van der Waals surface area (Å²) in [6.45, 7) is 4.64. The van der Waals surface area contributed by atoms with Crippen molar-refractivity contribution in [3.8, 4) is 0 Å². The summed E-state index contributed by atoms with van der Waals surface area (Å²) in [7, 11) is 2.23. The first-order valence-electron chi connectivity index (χ1n) is 9.64. The molecule has 136 valence electrons. The maximum atomic E-state index is 12.6. The van der Waals surface area contributed by atoms with Gasteiger partial charge in [0.05, 0.1) is 6.61 Å². The van der Waals surface area contributed by atoms with Crippen molar-refractivity contribution in [2.75, 3.05) is 39.9 Å². The van der Waals surface area contributed by atoms with Gasteiger partial charge in [-0.3, -0.25) is 9.78 Å². The summed E-state index contributed by atoms with van der Waals surface area (Å²) in [5.41, 5.74) is 0.928. The molecule has 0 N–H and O–H groups in total. The number of rotatable bonds is 5. The molecule has 5 nitrogen and oxygen atoms in total. The highest BCUT2D eigenvalue weighted by atomic mass is 16.5. The van der Waals surface area contributed by atoms with Crippen LogP contribution in [0.5, 0.6) is 0 Å². The first-order chi connectivity index (χ1) is 12.2. The lowest BCUT2D eigenvalue weighted by Gasteiger charge is -2.39. The molecule has 3 aliphatic rings. The fraction of sp³-hybridized carbons (Fsp3) is 0.700. The smallest absolute Gasteiger partial charge is 0.272 e. The van der Waals surface area contributed by atoms with Crippen molar-refractivity contribution in [1.82, 2.24) is 14.8 Å². The molecular weight excluding hydrogens is 314 g/mol. The Morgan fingerprint density at radius 3 is 2.76 bits per heavy atom. The largest absolute Gasteiger partial charge is 0.380 e. The van der Waals surface area contributed by atoms with E-state index in [4.69, 9.17) is 4.74 Å². The Labute approximate surface area is 150 Å². The van der Waals surface area contributed by atoms with E-state index >= 15 is 0 Å². The van der Waals surface area contributed by atoms with Gasteiger partial charge >= 0.3 is 0 Å². The van der Waals surface area contributed by atoms with E-state index in [1.54, 1.807) is 6.20 Å². The zero-order valence-corrected chi connectivity index (χ0v) is 15.2. The third-order valence-electron chi connectivity index (χ3n) is 6.23. The molecule has 1 spiro atoms. The number of carbonyl (C=O) groups excluding carboxylic acids is 1. The first kappa shape index (κ1) is 17.0. The van der Waals surface area contributed by atoms with Crippen LogP contribution < -0.4 is 0 Å². The van der Waals surface area contributed by atoms with Crippen molar-refractivity contribution in [3.63, 3.8) is 0 Å². The maximum absolute atomic E-state index is 12.6. The van der Waals surface area contributed by atoms with Crippen LogP contribution in [0.2, 0.25) is 0 Å². The highest BCUT2D eigenvalue weighted by Crippen LogP contribution is 2.43. The van der Waals surface area contributed by atoms with Crippen molar-refractivity contribution < 1.29 is 9.53 Å². The molecule has 0 radical (unpaired) electrons. The minimum atomic E-state index is 0.0751. The molecule has 0 aromatic carbocycles. The molecule has 25 heavy (non-hydrogen) atoms. The quantitative estimate of drug-likeness (QED) is 0.824. The molecule has 2 aliphatic heterocycles. The summed E-state index contributed by atoms with van der Waals surface area (Å²) in [6, 6.07) is 6.08. The van der Waals surface area contributed by atoms with Gasteiger partial charge in [-0.05, 0) is 62.6 Å². The third kappa shape index (κ3) is 3.87. The fourth-order valence-electron chi connectivity index (χ4n) is 4.42. The number of ether oxygens (including phenoxy) is 1. The lowest BCUT2D eigenvalue weighted by atomic mass is 9.76. The van der Waals surface area contributed by atoms with Crippen molar-refractivity contribution in [1.29, 1.82) is 0 Å². The average Bonchev–Trinajstić information content (AvgIpc) is 3.41. The van der Waals surface area contributed by atoms with E-state index in [1.807, 2.05) is 23.1 Å². The minimum absolute atomic E-state index is 0.0751. The van der Waals surface area contributed by atoms with E-state index < -0.39 is 0 Å². The Hall–Kier alpha value is -1.46. The molecule has 2 saturated heterocycles. The monoisotopic (exact) mass is 343 g/mol. The van der Waals surface area contributed by atoms with Gasteiger partial charge in [0.1, 0.15) is 5.69 Å². The summed E-state index contributed by atoms with van der Waals surface area (Å²) in [5, 5.41) is 0. The number of likely N-dealkylation sites (tertiary alicyclic amines) is 2. The number of likely N-dealkylation sites (N-methyl/N-ethyl adjacent to an activating group) is 1. The van der Waals surface area contributed by atoms with Gasteiger partial charge < -0.3 is 14.5 Å². The molecule has 1 atom stereocenters. The summed E-state index contributed by atoms with van der Waals surface area (Å²) in [4.78, 5) is 21.2. The highest BCUT2D eigenvalue weighted by molar-refractivity contribution is 5.92. The maximum Gasteiger partial charge on any atom is 0.272 e. The van der Waals surface area contributed by atoms with E-state index in [0.29, 0.717) is 17.2 Å². The van der Waals surface area contributed by atoms with Crippen LogP contribution in [0.15, 0.2) is 24.4 Å². The molecule has 4 rings (SSSR count). The van der Waals surface area contributed by atoms with E-state index in [-0.39, 0.29) is 5.91 Å². The molecule has 3 fully saturated rings. The van der Waals surface area contributed by atoms with Crippen LogP contribution in [0, 0.1) is 11.3 Å². The van der Waals surface area contributed by atoms with Gasteiger partial charge in [0, 0.05) is 38.5 Å². The Balaban J connectivity index is 1.29. The summed E-state index contributed by atoms with van der Waals surface area (Å²) < 4.78 is 5.95. The van der Waals surface area contributed by atoms with E-state index in [0.717, 1.165) is 51.6 Å². The number of hydrogen-bond donors (Lipinski definition) is 0. The van der Waals surface area contributed by atoms with Gasteiger partial charge in [-0.1, -0.05) is 6.07 Å². The molecule has 0 bridgehead atoms. The topological polar surface area (TPSA) is 45.7 Å². The third-order valence-corrected chi connectivity index (χ3v) is 6.23. The Morgan fingerprint density at radius 1 is 1.28 bits per heavy atom. The van der Waals surface area contributed by atoms with Gasteiger partial charge in [-0.25, -0.2) is 0 Å². The minimum Gasteiger partial charge on any atom is -0.380 e. The van der Waals surface area contributed by atoms with Crippen LogP contribution in [0.1, 0.15) is 42.6 Å². The number of nitrogens with zero attached hydrogens (tertiary/aromatic N) is 3. The van der Waals surface area contributed by atoms with Crippen LogP contribution in [-0.4, -0.2) is 66.6 Å². The van der Waals surface area contributed by atoms with Crippen LogP contribution in [0.25, 0.3) is 0 Å². The fourth-order valence-corrected chi connectivity index (χ4v) is 4.42. The number of pyridine rings is 1. The number of amides is 1. The molecule has 1 amide bonds. The van der Waals surface area contributed by atoms with Crippen molar-refractivity contribution in [2.45, 2.75) is 38.1 Å². The molecule has 3 heterocycles. The van der Waals surface area contributed by atoms with Crippen LogP contribution in [-0.2, 0) is 4.74 Å².